The molecule has 0 atom stereocenters. The third-order valence-electron chi connectivity index (χ3n) is 0.808. The molecule has 1 heterocycles. The van der Waals surface area contributed by atoms with Gasteiger partial charge in [0.05, 0.1) is 0 Å². The molecule has 0 saturated heterocycles. The Labute approximate surface area is 61.5 Å². The molecule has 5 nitrogen and oxygen atoms in total. The van der Waals surface area contributed by atoms with E-state index in [1.807, 2.05) is 0 Å². The molecule has 10 heavy (non-hydrogen) atoms. The summed E-state index contributed by atoms with van der Waals surface area (Å²) in [6.07, 6.45) is 0. The number of urea groups is 1. The first-order chi connectivity index (χ1) is 4.83. The van der Waals surface area contributed by atoms with Crippen LogP contribution in [0, 0.1) is 0 Å². The first-order valence-corrected chi connectivity index (χ1v) is 3.46. The number of rotatable bonds is 1. The molecule has 1 rings (SSSR count). The minimum absolute atomic E-state index is 0.281. The quantitative estimate of drug-likeness (QED) is 0.617. The fourth-order valence-electron chi connectivity index (χ4n) is 0.387. The highest BCUT2D eigenvalue weighted by Gasteiger charge is 1.98. The summed E-state index contributed by atoms with van der Waals surface area (Å²) >= 11 is 1.27. The van der Waals surface area contributed by atoms with Crippen molar-refractivity contribution in [3.05, 3.63) is 5.51 Å². The summed E-state index contributed by atoms with van der Waals surface area (Å²) in [5.41, 5.74) is 1.55. The Balaban J connectivity index is 2.48. The van der Waals surface area contributed by atoms with Gasteiger partial charge in [-0.1, -0.05) is 11.3 Å². The van der Waals surface area contributed by atoms with Gasteiger partial charge in [0, 0.05) is 7.05 Å². The lowest BCUT2D eigenvalue weighted by Gasteiger charge is -1.95. The zero-order valence-electron chi connectivity index (χ0n) is 5.29. The van der Waals surface area contributed by atoms with Gasteiger partial charge in [-0.2, -0.15) is 0 Å². The summed E-state index contributed by atoms with van der Waals surface area (Å²) in [6.45, 7) is 0. The molecule has 54 valence electrons. The van der Waals surface area contributed by atoms with E-state index in [0.29, 0.717) is 5.13 Å². The molecular weight excluding hydrogens is 152 g/mol. The molecule has 0 bridgehead atoms. The van der Waals surface area contributed by atoms with Gasteiger partial charge in [-0.05, 0) is 0 Å². The number of hydrogen-bond acceptors (Lipinski definition) is 4. The minimum atomic E-state index is -0.281. The van der Waals surface area contributed by atoms with E-state index < -0.39 is 0 Å². The topological polar surface area (TPSA) is 66.9 Å². The molecule has 0 aliphatic carbocycles. The Kier molecular flexibility index (Phi) is 2.16. The standard InChI is InChI=1S/C4H6N4OS/c1-5-3(9)7-4-8-6-2-10-4/h2H,1H3,(H2,5,7,8,9). The predicted molar refractivity (Wildman–Crippen MR) is 38.0 cm³/mol. The van der Waals surface area contributed by atoms with Crippen molar-refractivity contribution in [1.82, 2.24) is 15.5 Å². The normalized spacial score (nSPS) is 8.90. The number of nitrogens with one attached hydrogen (secondary N) is 2. The van der Waals surface area contributed by atoms with Crippen LogP contribution in [-0.2, 0) is 0 Å². The van der Waals surface area contributed by atoms with Crippen LogP contribution in [-0.4, -0.2) is 23.3 Å². The number of nitrogens with zero attached hydrogens (tertiary/aromatic N) is 2. The number of amides is 2. The van der Waals surface area contributed by atoms with Crippen LogP contribution in [0.5, 0.6) is 0 Å². The van der Waals surface area contributed by atoms with E-state index in [0.717, 1.165) is 0 Å². The molecule has 0 aromatic carbocycles. The van der Waals surface area contributed by atoms with Crippen LogP contribution in [0.4, 0.5) is 9.93 Å². The summed E-state index contributed by atoms with van der Waals surface area (Å²) in [6, 6.07) is -0.281. The van der Waals surface area contributed by atoms with Gasteiger partial charge in [-0.15, -0.1) is 10.2 Å². The SMILES string of the molecule is CNC(=O)Nc1nncs1. The van der Waals surface area contributed by atoms with Crippen LogP contribution in [0.1, 0.15) is 0 Å². The highest BCUT2D eigenvalue weighted by atomic mass is 32.1. The lowest BCUT2D eigenvalue weighted by molar-refractivity contribution is 0.254. The first kappa shape index (κ1) is 6.94. The van der Waals surface area contributed by atoms with Gasteiger partial charge in [0.25, 0.3) is 0 Å². The average Bonchev–Trinajstić information content (AvgIpc) is 2.40. The average molecular weight is 158 g/mol. The predicted octanol–water partition coefficient (Wildman–Crippen LogP) is 0.289. The summed E-state index contributed by atoms with van der Waals surface area (Å²) in [5.74, 6) is 0. The Bertz CT molecular complexity index is 209. The van der Waals surface area contributed by atoms with Crippen molar-refractivity contribution in [3.8, 4) is 0 Å². The molecular formula is C4H6N4OS. The second-order valence-corrected chi connectivity index (χ2v) is 2.28. The zero-order valence-corrected chi connectivity index (χ0v) is 6.10. The first-order valence-electron chi connectivity index (χ1n) is 2.58. The van der Waals surface area contributed by atoms with Gasteiger partial charge in [0.15, 0.2) is 0 Å². The molecule has 0 unspecified atom stereocenters. The van der Waals surface area contributed by atoms with Gasteiger partial charge in [-0.25, -0.2) is 4.79 Å². The van der Waals surface area contributed by atoms with E-state index in [4.69, 9.17) is 0 Å². The van der Waals surface area contributed by atoms with Gasteiger partial charge < -0.3 is 5.32 Å². The minimum Gasteiger partial charge on any atom is -0.341 e. The Morgan fingerprint density at radius 2 is 2.60 bits per heavy atom. The van der Waals surface area contributed by atoms with Crippen LogP contribution in [0.2, 0.25) is 0 Å². The molecule has 6 heteroatoms. The molecule has 1 aromatic rings. The maximum absolute atomic E-state index is 10.6. The van der Waals surface area contributed by atoms with Gasteiger partial charge in [0.2, 0.25) is 5.13 Å². The molecule has 0 saturated carbocycles. The second-order valence-electron chi connectivity index (χ2n) is 1.45. The number of aromatic nitrogens is 2. The lowest BCUT2D eigenvalue weighted by atomic mass is 10.9. The summed E-state index contributed by atoms with van der Waals surface area (Å²) in [5, 5.41) is 12.5. The Hall–Kier alpha value is -1.17. The molecule has 0 radical (unpaired) electrons. The van der Waals surface area contributed by atoms with Crippen molar-refractivity contribution in [2.24, 2.45) is 0 Å². The van der Waals surface area contributed by atoms with Crippen LogP contribution in [0.25, 0.3) is 0 Å². The van der Waals surface area contributed by atoms with Crippen molar-refractivity contribution >= 4 is 22.5 Å². The zero-order chi connectivity index (χ0) is 7.40. The largest absolute Gasteiger partial charge is 0.341 e. The third-order valence-corrected chi connectivity index (χ3v) is 1.41. The summed E-state index contributed by atoms with van der Waals surface area (Å²) in [4.78, 5) is 10.6. The maximum Gasteiger partial charge on any atom is 0.320 e. The Morgan fingerprint density at radius 1 is 1.80 bits per heavy atom. The van der Waals surface area contributed by atoms with Gasteiger partial charge in [-0.3, -0.25) is 5.32 Å². The fourth-order valence-corrected chi connectivity index (χ4v) is 0.827. The second kappa shape index (κ2) is 3.11. The third kappa shape index (κ3) is 1.66. The van der Waals surface area contributed by atoms with Gasteiger partial charge in [0.1, 0.15) is 5.51 Å². The van der Waals surface area contributed by atoms with E-state index in [9.17, 15) is 4.79 Å². The molecule has 0 spiro atoms. The molecule has 1 aromatic heterocycles. The van der Waals surface area contributed by atoms with Crippen molar-refractivity contribution in [2.75, 3.05) is 12.4 Å². The molecule has 0 aliphatic rings. The maximum atomic E-state index is 10.6. The van der Waals surface area contributed by atoms with Crippen LogP contribution in [0.15, 0.2) is 5.51 Å². The summed E-state index contributed by atoms with van der Waals surface area (Å²) < 4.78 is 0. The van der Waals surface area contributed by atoms with Crippen molar-refractivity contribution in [2.45, 2.75) is 0 Å². The van der Waals surface area contributed by atoms with E-state index in [1.54, 1.807) is 5.51 Å². The molecule has 0 aliphatic heterocycles. The fraction of sp³-hybridized carbons (Fsp3) is 0.250. The number of hydrogen-bond donors (Lipinski definition) is 2. The molecule has 2 N–H and O–H groups in total. The number of carbonyl (C=O) groups excluding carboxylic acids is 1. The van der Waals surface area contributed by atoms with Crippen LogP contribution >= 0.6 is 11.3 Å². The van der Waals surface area contributed by atoms with E-state index in [1.165, 1.54) is 18.4 Å². The van der Waals surface area contributed by atoms with Crippen molar-refractivity contribution in [3.63, 3.8) is 0 Å². The van der Waals surface area contributed by atoms with E-state index in [-0.39, 0.29) is 6.03 Å². The van der Waals surface area contributed by atoms with Crippen molar-refractivity contribution < 1.29 is 4.79 Å². The molecule has 0 fully saturated rings. The van der Waals surface area contributed by atoms with E-state index in [2.05, 4.69) is 20.8 Å². The smallest absolute Gasteiger partial charge is 0.320 e. The molecule has 2 amide bonds. The lowest BCUT2D eigenvalue weighted by Crippen LogP contribution is -2.24. The highest BCUT2D eigenvalue weighted by molar-refractivity contribution is 7.13. The number of carbonyl (C=O) groups is 1. The summed E-state index contributed by atoms with van der Waals surface area (Å²) in [7, 11) is 1.54. The highest BCUT2D eigenvalue weighted by Crippen LogP contribution is 2.06. The monoisotopic (exact) mass is 158 g/mol. The number of anilines is 1. The van der Waals surface area contributed by atoms with Crippen LogP contribution < -0.4 is 10.6 Å². The van der Waals surface area contributed by atoms with Crippen LogP contribution in [0.3, 0.4) is 0 Å². The van der Waals surface area contributed by atoms with Gasteiger partial charge >= 0.3 is 6.03 Å². The Morgan fingerprint density at radius 3 is 3.10 bits per heavy atom. The van der Waals surface area contributed by atoms with E-state index >= 15 is 0 Å². The van der Waals surface area contributed by atoms with Crippen molar-refractivity contribution in [1.29, 1.82) is 0 Å².